The van der Waals surface area contributed by atoms with E-state index in [1.807, 2.05) is 18.7 Å². The predicted molar refractivity (Wildman–Crippen MR) is 126 cm³/mol. The molecule has 0 radical (unpaired) electrons. The molecule has 1 N–H and O–H groups in total. The molecule has 1 aliphatic carbocycles. The van der Waals surface area contributed by atoms with Crippen LogP contribution in [0.4, 0.5) is 5.69 Å². The number of benzene rings is 1. The van der Waals surface area contributed by atoms with Crippen molar-refractivity contribution in [3.05, 3.63) is 23.8 Å². The summed E-state index contributed by atoms with van der Waals surface area (Å²) in [5.74, 6) is 0.215. The Labute approximate surface area is 196 Å². The van der Waals surface area contributed by atoms with Crippen LogP contribution in [0.5, 0.6) is 5.75 Å². The molecule has 1 heterocycles. The molecule has 9 nitrogen and oxygen atoms in total. The summed E-state index contributed by atoms with van der Waals surface area (Å²) < 4.78 is 37.5. The summed E-state index contributed by atoms with van der Waals surface area (Å²) in [6.45, 7) is 4.99. The molecule has 2 amide bonds. The van der Waals surface area contributed by atoms with E-state index in [1.54, 1.807) is 25.1 Å². The number of hydrogen-bond acceptors (Lipinski definition) is 6. The maximum absolute atomic E-state index is 13.2. The molecule has 3 atom stereocenters. The summed E-state index contributed by atoms with van der Waals surface area (Å²) in [5.41, 5.74) is 0.626. The van der Waals surface area contributed by atoms with Crippen molar-refractivity contribution >= 4 is 27.5 Å². The lowest BCUT2D eigenvalue weighted by molar-refractivity contribution is -0.142. The minimum atomic E-state index is -3.49. The largest absolute Gasteiger partial charge is 0.491 e. The summed E-state index contributed by atoms with van der Waals surface area (Å²) in [4.78, 5) is 29.9. The molecule has 10 heteroatoms. The topological polar surface area (TPSA) is 105 Å². The fraction of sp³-hybridized carbons (Fsp3) is 0.652. The summed E-state index contributed by atoms with van der Waals surface area (Å²) in [6, 6.07) is 4.37. The predicted octanol–water partition coefficient (Wildman–Crippen LogP) is 2.19. The number of anilines is 1. The van der Waals surface area contributed by atoms with Crippen LogP contribution in [0.25, 0.3) is 0 Å². The van der Waals surface area contributed by atoms with Gasteiger partial charge in [0.05, 0.1) is 29.7 Å². The van der Waals surface area contributed by atoms with Gasteiger partial charge in [0.25, 0.3) is 5.91 Å². The van der Waals surface area contributed by atoms with E-state index in [-0.39, 0.29) is 48.2 Å². The highest BCUT2D eigenvalue weighted by Gasteiger charge is 2.35. The monoisotopic (exact) mass is 481 g/mol. The van der Waals surface area contributed by atoms with Crippen LogP contribution in [-0.2, 0) is 19.6 Å². The fourth-order valence-corrected chi connectivity index (χ4v) is 4.80. The third kappa shape index (κ3) is 6.17. The Hall–Kier alpha value is -2.33. The van der Waals surface area contributed by atoms with Gasteiger partial charge in [-0.1, -0.05) is 13.3 Å². The normalized spacial score (nSPS) is 25.2. The van der Waals surface area contributed by atoms with Gasteiger partial charge in [0, 0.05) is 45.1 Å². The van der Waals surface area contributed by atoms with Crippen LogP contribution >= 0.6 is 0 Å². The van der Waals surface area contributed by atoms with Crippen molar-refractivity contribution in [2.45, 2.75) is 45.3 Å². The van der Waals surface area contributed by atoms with Gasteiger partial charge in [-0.2, -0.15) is 0 Å². The lowest BCUT2D eigenvalue weighted by Gasteiger charge is -2.39. The van der Waals surface area contributed by atoms with Crippen LogP contribution in [0.3, 0.4) is 0 Å². The molecule has 2 aliphatic rings. The van der Waals surface area contributed by atoms with Gasteiger partial charge >= 0.3 is 0 Å². The quantitative estimate of drug-likeness (QED) is 0.707. The smallest absolute Gasteiger partial charge is 0.257 e. The summed E-state index contributed by atoms with van der Waals surface area (Å²) in [5, 5.41) is 0. The first kappa shape index (κ1) is 25.3. The number of ether oxygens (including phenoxy) is 2. The third-order valence-corrected chi connectivity index (χ3v) is 7.09. The first-order valence-electron chi connectivity index (χ1n) is 11.3. The highest BCUT2D eigenvalue weighted by atomic mass is 32.2. The lowest BCUT2D eigenvalue weighted by Crippen LogP contribution is -2.51. The lowest BCUT2D eigenvalue weighted by atomic mass is 9.83. The number of methoxy groups -OCH3 is 1. The molecule has 0 aromatic heterocycles. The number of carbonyl (C=O) groups excluding carboxylic acids is 2. The zero-order chi connectivity index (χ0) is 24.3. The van der Waals surface area contributed by atoms with Crippen molar-refractivity contribution in [1.29, 1.82) is 0 Å². The van der Waals surface area contributed by atoms with Crippen molar-refractivity contribution in [1.82, 2.24) is 9.80 Å². The van der Waals surface area contributed by atoms with Gasteiger partial charge in [0.2, 0.25) is 15.9 Å². The van der Waals surface area contributed by atoms with E-state index in [1.165, 1.54) is 12.1 Å². The van der Waals surface area contributed by atoms with Gasteiger partial charge in [-0.25, -0.2) is 8.42 Å². The molecular formula is C23H35N3O6S. The van der Waals surface area contributed by atoms with E-state index in [0.29, 0.717) is 24.3 Å². The van der Waals surface area contributed by atoms with Crippen LogP contribution in [0.15, 0.2) is 18.2 Å². The van der Waals surface area contributed by atoms with E-state index in [9.17, 15) is 18.0 Å². The summed E-state index contributed by atoms with van der Waals surface area (Å²) in [6.07, 6.45) is 3.70. The Bertz CT molecular complexity index is 978. The molecule has 1 aliphatic heterocycles. The number of likely N-dealkylation sites (N-methyl/N-ethyl adjacent to an activating group) is 1. The number of nitrogens with one attached hydrogen (secondary N) is 1. The maximum Gasteiger partial charge on any atom is 0.257 e. The number of fused-ring (bicyclic) bond motifs is 1. The van der Waals surface area contributed by atoms with E-state index in [0.717, 1.165) is 25.5 Å². The van der Waals surface area contributed by atoms with Crippen molar-refractivity contribution in [3.63, 3.8) is 0 Å². The SMILES string of the molecule is CO[C@H]1CN(C)C(=O)c2ccc(NS(C)(=O)=O)cc2OC[C@@H](C)N(C(=O)C2CCC2)C[C@H]1C. The van der Waals surface area contributed by atoms with Crippen LogP contribution in [0.1, 0.15) is 43.5 Å². The second-order valence-corrected chi connectivity index (χ2v) is 11.0. The maximum atomic E-state index is 13.2. The number of nitrogens with zero attached hydrogens (tertiary/aromatic N) is 2. The number of sulfonamides is 1. The zero-order valence-electron chi connectivity index (χ0n) is 20.0. The van der Waals surface area contributed by atoms with Crippen molar-refractivity contribution in [2.75, 3.05) is 44.8 Å². The molecule has 184 valence electrons. The van der Waals surface area contributed by atoms with Crippen molar-refractivity contribution < 1.29 is 27.5 Å². The van der Waals surface area contributed by atoms with E-state index in [4.69, 9.17) is 9.47 Å². The van der Waals surface area contributed by atoms with Gasteiger partial charge in [-0.3, -0.25) is 14.3 Å². The summed E-state index contributed by atoms with van der Waals surface area (Å²) in [7, 11) is -0.180. The van der Waals surface area contributed by atoms with Crippen LogP contribution in [0, 0.1) is 11.8 Å². The Morgan fingerprint density at radius 2 is 1.91 bits per heavy atom. The second-order valence-electron chi connectivity index (χ2n) is 9.30. The molecule has 1 saturated carbocycles. The average molecular weight is 482 g/mol. The highest BCUT2D eigenvalue weighted by Crippen LogP contribution is 2.31. The standard InChI is InChI=1S/C23H35N3O6S/c1-15-12-26(22(27)17-7-6-8-17)16(2)14-32-20-11-18(24-33(5,29)30)9-10-19(20)23(28)25(3)13-21(15)31-4/h9-11,15-17,21,24H,6-8,12-14H2,1-5H3/t15-,16-,21+/m1/s1. The Morgan fingerprint density at radius 3 is 2.48 bits per heavy atom. The average Bonchev–Trinajstić information content (AvgIpc) is 2.70. The molecule has 0 bridgehead atoms. The van der Waals surface area contributed by atoms with Crippen LogP contribution in [0.2, 0.25) is 0 Å². The second kappa shape index (κ2) is 10.3. The highest BCUT2D eigenvalue weighted by molar-refractivity contribution is 7.92. The number of hydrogen-bond donors (Lipinski definition) is 1. The first-order chi connectivity index (χ1) is 15.5. The minimum Gasteiger partial charge on any atom is -0.491 e. The van der Waals surface area contributed by atoms with Crippen LogP contribution in [-0.4, -0.2) is 82.3 Å². The number of amides is 2. The first-order valence-corrected chi connectivity index (χ1v) is 13.2. The minimum absolute atomic E-state index is 0.0111. The Balaban J connectivity index is 1.97. The van der Waals surface area contributed by atoms with Crippen LogP contribution < -0.4 is 9.46 Å². The van der Waals surface area contributed by atoms with Gasteiger partial charge in [-0.15, -0.1) is 0 Å². The molecule has 0 spiro atoms. The molecule has 3 rings (SSSR count). The molecule has 33 heavy (non-hydrogen) atoms. The number of carbonyl (C=O) groups is 2. The molecule has 0 unspecified atom stereocenters. The number of rotatable bonds is 4. The van der Waals surface area contributed by atoms with Gasteiger partial charge in [0.15, 0.2) is 0 Å². The van der Waals surface area contributed by atoms with E-state index < -0.39 is 10.0 Å². The zero-order valence-corrected chi connectivity index (χ0v) is 20.9. The third-order valence-electron chi connectivity index (χ3n) is 6.49. The van der Waals surface area contributed by atoms with Gasteiger partial charge in [0.1, 0.15) is 12.4 Å². The van der Waals surface area contributed by atoms with E-state index in [2.05, 4.69) is 4.72 Å². The Kier molecular flexibility index (Phi) is 7.89. The summed E-state index contributed by atoms with van der Waals surface area (Å²) >= 11 is 0. The Morgan fingerprint density at radius 1 is 1.21 bits per heavy atom. The molecule has 1 aromatic rings. The molecule has 0 saturated heterocycles. The van der Waals surface area contributed by atoms with Crippen molar-refractivity contribution in [2.24, 2.45) is 11.8 Å². The fourth-order valence-electron chi connectivity index (χ4n) is 4.25. The molecule has 1 fully saturated rings. The van der Waals surface area contributed by atoms with Gasteiger partial charge < -0.3 is 19.3 Å². The molecular weight excluding hydrogens is 446 g/mol. The van der Waals surface area contributed by atoms with Gasteiger partial charge in [-0.05, 0) is 31.9 Å². The van der Waals surface area contributed by atoms with Crippen molar-refractivity contribution in [3.8, 4) is 5.75 Å². The molecule has 1 aromatic carbocycles. The van der Waals surface area contributed by atoms with E-state index >= 15 is 0 Å².